The number of carbonyl (C=O) groups is 1. The third-order valence-corrected chi connectivity index (χ3v) is 5.68. The molecule has 1 atom stereocenters. The van der Waals surface area contributed by atoms with Crippen molar-refractivity contribution in [3.05, 3.63) is 0 Å². The summed E-state index contributed by atoms with van der Waals surface area (Å²) in [4.78, 5) is 11.8. The second-order valence-electron chi connectivity index (χ2n) is 5.37. The summed E-state index contributed by atoms with van der Waals surface area (Å²) in [6, 6.07) is 0. The normalized spacial score (nSPS) is 28.1. The predicted molar refractivity (Wildman–Crippen MR) is 70.0 cm³/mol. The van der Waals surface area contributed by atoms with Crippen LogP contribution in [0, 0.1) is 11.8 Å². The van der Waals surface area contributed by atoms with Crippen LogP contribution in [-0.4, -0.2) is 45.5 Å². The highest BCUT2D eigenvalue weighted by atomic mass is 32.2. The second-order valence-corrected chi connectivity index (χ2v) is 7.60. The molecule has 0 bridgehead atoms. The summed E-state index contributed by atoms with van der Waals surface area (Å²) < 4.78 is 22.6. The van der Waals surface area contributed by atoms with Gasteiger partial charge in [-0.2, -0.15) is 0 Å². The first-order chi connectivity index (χ1) is 8.57. The molecule has 0 spiro atoms. The molecule has 0 aromatic rings. The smallest absolute Gasteiger partial charge is 0.224 e. The molecular formula is C12H22N2O3S. The molecule has 0 radical (unpaired) electrons. The molecule has 2 rings (SSSR count). The molecule has 2 saturated heterocycles. The highest BCUT2D eigenvalue weighted by molar-refractivity contribution is 7.91. The number of hydrogen-bond acceptors (Lipinski definition) is 4. The maximum absolute atomic E-state index is 11.8. The average Bonchev–Trinajstić information content (AvgIpc) is 2.71. The summed E-state index contributed by atoms with van der Waals surface area (Å²) in [7, 11) is -2.96. The van der Waals surface area contributed by atoms with Crippen LogP contribution in [0.3, 0.4) is 0 Å². The Morgan fingerprint density at radius 2 is 1.94 bits per heavy atom. The summed E-state index contributed by atoms with van der Waals surface area (Å²) in [5, 5.41) is 6.20. The minimum absolute atomic E-state index is 0.0339. The SMILES string of the molecule is O=C(NCCC1CCNCC1)C1CCS(=O)(=O)C1. The van der Waals surface area contributed by atoms with Crippen LogP contribution in [0.2, 0.25) is 0 Å². The van der Waals surface area contributed by atoms with Gasteiger partial charge in [-0.05, 0) is 44.7 Å². The Kier molecular flexibility index (Phi) is 4.61. The minimum Gasteiger partial charge on any atom is -0.356 e. The molecule has 2 fully saturated rings. The second kappa shape index (κ2) is 6.02. The van der Waals surface area contributed by atoms with Crippen molar-refractivity contribution in [1.29, 1.82) is 0 Å². The summed E-state index contributed by atoms with van der Waals surface area (Å²) in [5.41, 5.74) is 0. The van der Waals surface area contributed by atoms with Gasteiger partial charge in [-0.25, -0.2) is 8.42 Å². The van der Waals surface area contributed by atoms with Gasteiger partial charge in [0, 0.05) is 6.54 Å². The van der Waals surface area contributed by atoms with Gasteiger partial charge in [0.15, 0.2) is 9.84 Å². The van der Waals surface area contributed by atoms with Gasteiger partial charge >= 0.3 is 0 Å². The Balaban J connectivity index is 1.66. The molecule has 6 heteroatoms. The largest absolute Gasteiger partial charge is 0.356 e. The zero-order chi connectivity index (χ0) is 13.0. The molecule has 0 aliphatic carbocycles. The van der Waals surface area contributed by atoms with Crippen molar-refractivity contribution in [2.75, 3.05) is 31.1 Å². The van der Waals surface area contributed by atoms with E-state index in [-0.39, 0.29) is 23.3 Å². The van der Waals surface area contributed by atoms with Gasteiger partial charge in [-0.15, -0.1) is 0 Å². The molecule has 2 aliphatic heterocycles. The quantitative estimate of drug-likeness (QED) is 0.752. The Labute approximate surface area is 109 Å². The van der Waals surface area contributed by atoms with Crippen molar-refractivity contribution in [3.63, 3.8) is 0 Å². The summed E-state index contributed by atoms with van der Waals surface area (Å²) in [6.07, 6.45) is 3.84. The lowest BCUT2D eigenvalue weighted by Gasteiger charge is -2.22. The van der Waals surface area contributed by atoms with Gasteiger partial charge in [-0.3, -0.25) is 4.79 Å². The van der Waals surface area contributed by atoms with E-state index in [1.807, 2.05) is 0 Å². The predicted octanol–water partition coefficient (Wildman–Crippen LogP) is -0.0730. The summed E-state index contributed by atoms with van der Waals surface area (Å²) in [6.45, 7) is 2.82. The molecule has 0 aromatic heterocycles. The first-order valence-electron chi connectivity index (χ1n) is 6.76. The van der Waals surface area contributed by atoms with Crippen molar-refractivity contribution < 1.29 is 13.2 Å². The van der Waals surface area contributed by atoms with E-state index < -0.39 is 9.84 Å². The Morgan fingerprint density at radius 1 is 1.22 bits per heavy atom. The highest BCUT2D eigenvalue weighted by Crippen LogP contribution is 2.19. The maximum Gasteiger partial charge on any atom is 0.224 e. The number of piperidine rings is 1. The number of amides is 1. The summed E-state index contributed by atoms with van der Waals surface area (Å²) in [5.74, 6) is 0.498. The van der Waals surface area contributed by atoms with Gasteiger partial charge in [0.05, 0.1) is 17.4 Å². The Hall–Kier alpha value is -0.620. The molecule has 1 amide bonds. The van der Waals surface area contributed by atoms with Crippen molar-refractivity contribution in [2.24, 2.45) is 11.8 Å². The zero-order valence-electron chi connectivity index (χ0n) is 10.7. The zero-order valence-corrected chi connectivity index (χ0v) is 11.5. The first kappa shape index (κ1) is 13.8. The van der Waals surface area contributed by atoms with E-state index in [9.17, 15) is 13.2 Å². The van der Waals surface area contributed by atoms with Crippen LogP contribution < -0.4 is 10.6 Å². The van der Waals surface area contributed by atoms with E-state index in [0.717, 1.165) is 19.5 Å². The van der Waals surface area contributed by atoms with Crippen LogP contribution in [0.15, 0.2) is 0 Å². The topological polar surface area (TPSA) is 75.3 Å². The first-order valence-corrected chi connectivity index (χ1v) is 8.58. The van der Waals surface area contributed by atoms with E-state index in [0.29, 0.717) is 18.9 Å². The van der Waals surface area contributed by atoms with E-state index in [1.165, 1.54) is 12.8 Å². The molecule has 18 heavy (non-hydrogen) atoms. The molecule has 5 nitrogen and oxygen atoms in total. The minimum atomic E-state index is -2.96. The fourth-order valence-electron chi connectivity index (χ4n) is 2.72. The van der Waals surface area contributed by atoms with Gasteiger partial charge in [0.25, 0.3) is 0 Å². The lowest BCUT2D eigenvalue weighted by Crippen LogP contribution is -2.34. The van der Waals surface area contributed by atoms with Gasteiger partial charge in [0.1, 0.15) is 0 Å². The summed E-state index contributed by atoms with van der Waals surface area (Å²) >= 11 is 0. The van der Waals surface area contributed by atoms with Crippen LogP contribution in [0.1, 0.15) is 25.7 Å². The molecule has 0 aromatic carbocycles. The van der Waals surface area contributed by atoms with Crippen molar-refractivity contribution in [1.82, 2.24) is 10.6 Å². The van der Waals surface area contributed by atoms with E-state index in [1.54, 1.807) is 0 Å². The number of nitrogens with one attached hydrogen (secondary N) is 2. The van der Waals surface area contributed by atoms with Gasteiger partial charge < -0.3 is 10.6 Å². The molecule has 0 saturated carbocycles. The van der Waals surface area contributed by atoms with Gasteiger partial charge in [0.2, 0.25) is 5.91 Å². The van der Waals surface area contributed by atoms with E-state index >= 15 is 0 Å². The lowest BCUT2D eigenvalue weighted by atomic mass is 9.94. The number of hydrogen-bond donors (Lipinski definition) is 2. The third kappa shape index (κ3) is 3.95. The number of rotatable bonds is 4. The van der Waals surface area contributed by atoms with Crippen molar-refractivity contribution in [3.8, 4) is 0 Å². The van der Waals surface area contributed by atoms with Crippen molar-refractivity contribution in [2.45, 2.75) is 25.7 Å². The van der Waals surface area contributed by atoms with E-state index in [2.05, 4.69) is 10.6 Å². The van der Waals surface area contributed by atoms with Crippen LogP contribution >= 0.6 is 0 Å². The molecule has 1 unspecified atom stereocenters. The fraction of sp³-hybridized carbons (Fsp3) is 0.917. The van der Waals surface area contributed by atoms with E-state index in [4.69, 9.17) is 0 Å². The molecule has 104 valence electrons. The maximum atomic E-state index is 11.8. The number of sulfone groups is 1. The third-order valence-electron chi connectivity index (χ3n) is 3.91. The Bertz CT molecular complexity index is 388. The molecule has 2 heterocycles. The van der Waals surface area contributed by atoms with Gasteiger partial charge in [-0.1, -0.05) is 0 Å². The molecule has 2 aliphatic rings. The number of carbonyl (C=O) groups excluding carboxylic acids is 1. The molecule has 2 N–H and O–H groups in total. The average molecular weight is 274 g/mol. The lowest BCUT2D eigenvalue weighted by molar-refractivity contribution is -0.124. The van der Waals surface area contributed by atoms with Crippen molar-refractivity contribution >= 4 is 15.7 Å². The monoisotopic (exact) mass is 274 g/mol. The van der Waals surface area contributed by atoms with Crippen LogP contribution in [0.5, 0.6) is 0 Å². The molecular weight excluding hydrogens is 252 g/mol. The van der Waals surface area contributed by atoms with Crippen LogP contribution in [0.25, 0.3) is 0 Å². The Morgan fingerprint density at radius 3 is 2.56 bits per heavy atom. The van der Waals surface area contributed by atoms with Crippen LogP contribution in [0.4, 0.5) is 0 Å². The highest BCUT2D eigenvalue weighted by Gasteiger charge is 2.32. The van der Waals surface area contributed by atoms with Crippen LogP contribution in [-0.2, 0) is 14.6 Å². The fourth-order valence-corrected chi connectivity index (χ4v) is 4.46. The standard InChI is InChI=1S/C12H22N2O3S/c15-12(11-4-8-18(16,17)9-11)14-7-3-10-1-5-13-6-2-10/h10-11,13H,1-9H2,(H,14,15).